The van der Waals surface area contributed by atoms with Gasteiger partial charge in [-0.3, -0.25) is 10.1 Å². The molecule has 0 saturated heterocycles. The van der Waals surface area contributed by atoms with Crippen LogP contribution in [0.3, 0.4) is 0 Å². The van der Waals surface area contributed by atoms with E-state index in [0.29, 0.717) is 10.8 Å². The number of rotatable bonds is 4. The van der Waals surface area contributed by atoms with Crippen molar-refractivity contribution in [2.75, 3.05) is 5.32 Å². The minimum absolute atomic E-state index is 0.146. The van der Waals surface area contributed by atoms with Crippen LogP contribution in [-0.2, 0) is 6.42 Å². The summed E-state index contributed by atoms with van der Waals surface area (Å²) in [5.41, 5.74) is 0.637. The summed E-state index contributed by atoms with van der Waals surface area (Å²) >= 11 is 1.41. The highest BCUT2D eigenvalue weighted by atomic mass is 32.1. The molecule has 0 atom stereocenters. The van der Waals surface area contributed by atoms with Crippen LogP contribution in [-0.4, -0.2) is 20.7 Å². The summed E-state index contributed by atoms with van der Waals surface area (Å²) in [6, 6.07) is 3.92. The SMILES string of the molecule is CCc1nnc(NC(=O)c2cccn2C(C)C)s1. The molecule has 0 aromatic carbocycles. The second kappa shape index (κ2) is 5.30. The Kier molecular flexibility index (Phi) is 3.76. The van der Waals surface area contributed by atoms with Gasteiger partial charge in [-0.1, -0.05) is 18.3 Å². The first kappa shape index (κ1) is 12.8. The number of hydrogen-bond acceptors (Lipinski definition) is 4. The van der Waals surface area contributed by atoms with Crippen LogP contribution in [0.15, 0.2) is 18.3 Å². The Morgan fingerprint density at radius 1 is 1.50 bits per heavy atom. The Balaban J connectivity index is 2.14. The van der Waals surface area contributed by atoms with E-state index >= 15 is 0 Å². The molecule has 0 bridgehead atoms. The van der Waals surface area contributed by atoms with Crippen LogP contribution in [0.5, 0.6) is 0 Å². The molecule has 2 aromatic heterocycles. The maximum Gasteiger partial charge on any atom is 0.274 e. The average Bonchev–Trinajstić information content (AvgIpc) is 2.96. The van der Waals surface area contributed by atoms with Gasteiger partial charge in [0, 0.05) is 12.2 Å². The van der Waals surface area contributed by atoms with E-state index < -0.39 is 0 Å². The minimum atomic E-state index is -0.146. The maximum atomic E-state index is 12.1. The summed E-state index contributed by atoms with van der Waals surface area (Å²) in [4.78, 5) is 12.1. The molecule has 18 heavy (non-hydrogen) atoms. The highest BCUT2D eigenvalue weighted by molar-refractivity contribution is 7.15. The first-order valence-corrected chi connectivity index (χ1v) is 6.74. The molecule has 2 rings (SSSR count). The van der Waals surface area contributed by atoms with E-state index in [9.17, 15) is 4.79 Å². The Labute approximate surface area is 110 Å². The van der Waals surface area contributed by atoms with E-state index in [4.69, 9.17) is 0 Å². The highest BCUT2D eigenvalue weighted by Crippen LogP contribution is 2.17. The second-order valence-corrected chi connectivity index (χ2v) is 5.27. The van der Waals surface area contributed by atoms with Crippen molar-refractivity contribution in [2.45, 2.75) is 33.2 Å². The van der Waals surface area contributed by atoms with E-state index in [-0.39, 0.29) is 11.9 Å². The van der Waals surface area contributed by atoms with Crippen LogP contribution in [0.4, 0.5) is 5.13 Å². The van der Waals surface area contributed by atoms with E-state index in [2.05, 4.69) is 15.5 Å². The van der Waals surface area contributed by atoms with Crippen molar-refractivity contribution in [1.29, 1.82) is 0 Å². The number of aromatic nitrogens is 3. The third kappa shape index (κ3) is 2.59. The molecule has 0 aliphatic rings. The number of nitrogens with zero attached hydrogens (tertiary/aromatic N) is 3. The van der Waals surface area contributed by atoms with Crippen LogP contribution in [0.25, 0.3) is 0 Å². The van der Waals surface area contributed by atoms with E-state index in [1.54, 1.807) is 6.07 Å². The van der Waals surface area contributed by atoms with E-state index in [1.807, 2.05) is 37.6 Å². The molecule has 2 heterocycles. The number of aryl methyl sites for hydroxylation is 1. The van der Waals surface area contributed by atoms with Gasteiger partial charge in [-0.2, -0.15) is 0 Å². The first-order valence-electron chi connectivity index (χ1n) is 5.92. The van der Waals surface area contributed by atoms with Crippen LogP contribution in [0, 0.1) is 0 Å². The van der Waals surface area contributed by atoms with Crippen molar-refractivity contribution in [2.24, 2.45) is 0 Å². The van der Waals surface area contributed by atoms with Crippen molar-refractivity contribution in [3.8, 4) is 0 Å². The fourth-order valence-corrected chi connectivity index (χ4v) is 2.32. The Bertz CT molecular complexity index is 544. The Morgan fingerprint density at radius 3 is 2.89 bits per heavy atom. The van der Waals surface area contributed by atoms with Gasteiger partial charge in [0.15, 0.2) is 0 Å². The van der Waals surface area contributed by atoms with Gasteiger partial charge in [0.2, 0.25) is 5.13 Å². The van der Waals surface area contributed by atoms with Gasteiger partial charge in [-0.25, -0.2) is 0 Å². The zero-order chi connectivity index (χ0) is 13.1. The smallest absolute Gasteiger partial charge is 0.274 e. The molecule has 0 aliphatic carbocycles. The number of amides is 1. The van der Waals surface area contributed by atoms with Gasteiger partial charge in [-0.05, 0) is 32.4 Å². The summed E-state index contributed by atoms with van der Waals surface area (Å²) in [5.74, 6) is -0.146. The molecule has 0 radical (unpaired) electrons. The minimum Gasteiger partial charge on any atom is -0.341 e. The monoisotopic (exact) mass is 264 g/mol. The number of nitrogens with one attached hydrogen (secondary N) is 1. The third-order valence-corrected chi connectivity index (χ3v) is 3.54. The third-order valence-electron chi connectivity index (χ3n) is 2.56. The predicted octanol–water partition coefficient (Wildman–Crippen LogP) is 2.74. The van der Waals surface area contributed by atoms with Gasteiger partial charge in [-0.15, -0.1) is 10.2 Å². The molecular formula is C12H16N4OS. The molecule has 2 aromatic rings. The van der Waals surface area contributed by atoms with Crippen LogP contribution >= 0.6 is 11.3 Å². The zero-order valence-corrected chi connectivity index (χ0v) is 11.5. The number of hydrogen-bond donors (Lipinski definition) is 1. The molecule has 1 N–H and O–H groups in total. The van der Waals surface area contributed by atoms with Crippen molar-refractivity contribution >= 4 is 22.4 Å². The molecule has 0 spiro atoms. The molecular weight excluding hydrogens is 248 g/mol. The summed E-state index contributed by atoms with van der Waals surface area (Å²) in [7, 11) is 0. The van der Waals surface area contributed by atoms with Gasteiger partial charge < -0.3 is 4.57 Å². The summed E-state index contributed by atoms with van der Waals surface area (Å²) in [6.07, 6.45) is 2.73. The lowest BCUT2D eigenvalue weighted by atomic mass is 10.3. The zero-order valence-electron chi connectivity index (χ0n) is 10.7. The number of anilines is 1. The molecule has 0 aliphatic heterocycles. The second-order valence-electron chi connectivity index (χ2n) is 4.20. The fourth-order valence-electron chi connectivity index (χ4n) is 1.64. The summed E-state index contributed by atoms with van der Waals surface area (Å²) in [5, 5.41) is 12.2. The number of carbonyl (C=O) groups is 1. The Hall–Kier alpha value is -1.69. The van der Waals surface area contributed by atoms with E-state index in [1.165, 1.54) is 11.3 Å². The van der Waals surface area contributed by atoms with Crippen molar-refractivity contribution < 1.29 is 4.79 Å². The normalized spacial score (nSPS) is 10.9. The Morgan fingerprint density at radius 2 is 2.28 bits per heavy atom. The van der Waals surface area contributed by atoms with Gasteiger partial charge in [0.05, 0.1) is 0 Å². The molecule has 0 unspecified atom stereocenters. The van der Waals surface area contributed by atoms with Crippen molar-refractivity contribution in [3.63, 3.8) is 0 Å². The molecule has 96 valence electrons. The molecule has 1 amide bonds. The molecule has 0 saturated carbocycles. The number of carbonyl (C=O) groups excluding carboxylic acids is 1. The largest absolute Gasteiger partial charge is 0.341 e. The quantitative estimate of drug-likeness (QED) is 0.923. The predicted molar refractivity (Wildman–Crippen MR) is 72.1 cm³/mol. The topological polar surface area (TPSA) is 59.8 Å². The molecule has 6 heteroatoms. The van der Waals surface area contributed by atoms with Crippen molar-refractivity contribution in [1.82, 2.24) is 14.8 Å². The highest BCUT2D eigenvalue weighted by Gasteiger charge is 2.14. The van der Waals surface area contributed by atoms with Gasteiger partial charge in [0.25, 0.3) is 5.91 Å². The van der Waals surface area contributed by atoms with Gasteiger partial charge in [0.1, 0.15) is 10.7 Å². The van der Waals surface area contributed by atoms with Crippen LogP contribution in [0.2, 0.25) is 0 Å². The average molecular weight is 264 g/mol. The van der Waals surface area contributed by atoms with Crippen LogP contribution < -0.4 is 5.32 Å². The van der Waals surface area contributed by atoms with E-state index in [0.717, 1.165) is 11.4 Å². The lowest BCUT2D eigenvalue weighted by Gasteiger charge is -2.11. The first-order chi connectivity index (χ1) is 8.61. The summed E-state index contributed by atoms with van der Waals surface area (Å²) in [6.45, 7) is 6.09. The van der Waals surface area contributed by atoms with Gasteiger partial charge >= 0.3 is 0 Å². The lowest BCUT2D eigenvalue weighted by molar-refractivity contribution is 0.101. The van der Waals surface area contributed by atoms with Crippen molar-refractivity contribution in [3.05, 3.63) is 29.0 Å². The standard InChI is InChI=1S/C12H16N4OS/c1-4-10-14-15-12(18-10)13-11(17)9-6-5-7-16(9)8(2)3/h5-8H,4H2,1-3H3,(H,13,15,17). The molecule has 5 nitrogen and oxygen atoms in total. The molecule has 0 fully saturated rings. The van der Waals surface area contributed by atoms with Crippen LogP contribution in [0.1, 0.15) is 42.3 Å². The summed E-state index contributed by atoms with van der Waals surface area (Å²) < 4.78 is 1.93. The maximum absolute atomic E-state index is 12.1. The lowest BCUT2D eigenvalue weighted by Crippen LogP contribution is -2.17. The fraction of sp³-hybridized carbons (Fsp3) is 0.417.